The second-order valence-corrected chi connectivity index (χ2v) is 5.35. The number of hydrogen-bond donors (Lipinski definition) is 1. The van der Waals surface area contributed by atoms with Crippen molar-refractivity contribution in [3.05, 3.63) is 25.3 Å². The fourth-order valence-corrected chi connectivity index (χ4v) is 2.52. The largest absolute Gasteiger partial charge is 0.334 e. The maximum absolute atomic E-state index is 12.2. The van der Waals surface area contributed by atoms with Crippen LogP contribution in [0, 0.1) is 5.92 Å². The number of hydrogen-bond acceptors (Lipinski definition) is 3. The summed E-state index contributed by atoms with van der Waals surface area (Å²) in [4.78, 5) is 16.2. The highest BCUT2D eigenvalue weighted by molar-refractivity contribution is 5.78. The van der Waals surface area contributed by atoms with Gasteiger partial charge in [0.15, 0.2) is 0 Å². The third kappa shape index (κ3) is 5.17. The minimum atomic E-state index is 0.152. The van der Waals surface area contributed by atoms with Crippen molar-refractivity contribution < 1.29 is 4.79 Å². The summed E-state index contributed by atoms with van der Waals surface area (Å²) < 4.78 is 0. The van der Waals surface area contributed by atoms with E-state index in [1.807, 2.05) is 0 Å². The second kappa shape index (κ2) is 8.12. The van der Waals surface area contributed by atoms with Crippen LogP contribution in [0.5, 0.6) is 0 Å². The molecule has 0 aromatic carbocycles. The number of carbonyl (C=O) groups is 1. The molecule has 0 aromatic heterocycles. The highest BCUT2D eigenvalue weighted by Crippen LogP contribution is 2.19. The molecule has 1 aliphatic heterocycles. The molecule has 1 heterocycles. The summed E-state index contributed by atoms with van der Waals surface area (Å²) in [5, 5.41) is 0. The molecule has 0 bridgehead atoms. The first-order valence-electron chi connectivity index (χ1n) is 7.06. The zero-order chi connectivity index (χ0) is 14.3. The summed E-state index contributed by atoms with van der Waals surface area (Å²) in [6.45, 7) is 13.0. The van der Waals surface area contributed by atoms with Gasteiger partial charge < -0.3 is 10.6 Å². The molecule has 2 N–H and O–H groups in total. The van der Waals surface area contributed by atoms with Crippen molar-refractivity contribution in [1.82, 2.24) is 9.80 Å². The quantitative estimate of drug-likeness (QED) is 0.705. The lowest BCUT2D eigenvalue weighted by Crippen LogP contribution is -2.45. The number of carbonyl (C=O) groups excluding carboxylic acids is 1. The van der Waals surface area contributed by atoms with Crippen LogP contribution >= 0.6 is 0 Å². The van der Waals surface area contributed by atoms with Crippen LogP contribution in [0.2, 0.25) is 0 Å². The Labute approximate surface area is 116 Å². The molecule has 1 fully saturated rings. The van der Waals surface area contributed by atoms with Gasteiger partial charge in [0.1, 0.15) is 0 Å². The summed E-state index contributed by atoms with van der Waals surface area (Å²) in [6, 6.07) is 0.260. The summed E-state index contributed by atoms with van der Waals surface area (Å²) in [6.07, 6.45) is 5.69. The Kier molecular flexibility index (Phi) is 6.81. The Bertz CT molecular complexity index is 297. The lowest BCUT2D eigenvalue weighted by Gasteiger charge is -2.34. The van der Waals surface area contributed by atoms with E-state index in [2.05, 4.69) is 25.0 Å². The molecule has 4 heteroatoms. The molecule has 1 atom stereocenters. The van der Waals surface area contributed by atoms with Gasteiger partial charge in [-0.05, 0) is 38.8 Å². The van der Waals surface area contributed by atoms with Gasteiger partial charge in [0.05, 0.1) is 6.54 Å². The summed E-state index contributed by atoms with van der Waals surface area (Å²) in [7, 11) is 0. The Hall–Kier alpha value is -1.13. The van der Waals surface area contributed by atoms with E-state index in [4.69, 9.17) is 5.73 Å². The molecule has 19 heavy (non-hydrogen) atoms. The first kappa shape index (κ1) is 15.9. The maximum Gasteiger partial charge on any atom is 0.237 e. The normalized spacial score (nSPS) is 18.8. The average Bonchev–Trinajstić information content (AvgIpc) is 2.39. The number of nitrogens with two attached hydrogens (primary N) is 1. The van der Waals surface area contributed by atoms with Crippen molar-refractivity contribution in [3.8, 4) is 0 Å². The lowest BCUT2D eigenvalue weighted by atomic mass is 9.91. The molecule has 0 aliphatic carbocycles. The minimum absolute atomic E-state index is 0.152. The van der Waals surface area contributed by atoms with Crippen molar-refractivity contribution in [2.45, 2.75) is 25.8 Å². The topological polar surface area (TPSA) is 49.6 Å². The van der Waals surface area contributed by atoms with Gasteiger partial charge in [-0.2, -0.15) is 0 Å². The van der Waals surface area contributed by atoms with Gasteiger partial charge in [-0.1, -0.05) is 12.2 Å². The van der Waals surface area contributed by atoms with E-state index < -0.39 is 0 Å². The van der Waals surface area contributed by atoms with Crippen LogP contribution in [-0.4, -0.2) is 54.5 Å². The fraction of sp³-hybridized carbons (Fsp3) is 0.667. The number of rotatable bonds is 7. The van der Waals surface area contributed by atoms with Crippen LogP contribution in [0.25, 0.3) is 0 Å². The summed E-state index contributed by atoms with van der Waals surface area (Å²) in [5.41, 5.74) is 5.93. The molecule has 0 spiro atoms. The van der Waals surface area contributed by atoms with Crippen LogP contribution in [0.1, 0.15) is 19.8 Å². The SMILES string of the molecule is C=CCN(CC=C)C(=O)CN1CCC(C(C)N)CC1. The van der Waals surface area contributed by atoms with Crippen LogP contribution in [0.15, 0.2) is 25.3 Å². The Morgan fingerprint density at radius 3 is 2.32 bits per heavy atom. The first-order valence-corrected chi connectivity index (χ1v) is 7.06. The van der Waals surface area contributed by atoms with Gasteiger partial charge in [-0.15, -0.1) is 13.2 Å². The average molecular weight is 265 g/mol. The zero-order valence-corrected chi connectivity index (χ0v) is 12.1. The van der Waals surface area contributed by atoms with Crippen molar-refractivity contribution in [1.29, 1.82) is 0 Å². The molecule has 108 valence electrons. The van der Waals surface area contributed by atoms with Gasteiger partial charge >= 0.3 is 0 Å². The molecule has 1 saturated heterocycles. The summed E-state index contributed by atoms with van der Waals surface area (Å²) in [5.74, 6) is 0.753. The van der Waals surface area contributed by atoms with E-state index in [1.54, 1.807) is 17.1 Å². The van der Waals surface area contributed by atoms with Crippen LogP contribution in [-0.2, 0) is 4.79 Å². The van der Waals surface area contributed by atoms with E-state index in [0.29, 0.717) is 25.6 Å². The summed E-state index contributed by atoms with van der Waals surface area (Å²) >= 11 is 0. The predicted octanol–water partition coefficient (Wildman–Crippen LogP) is 1.25. The van der Waals surface area contributed by atoms with Crippen molar-refractivity contribution in [2.75, 3.05) is 32.7 Å². The number of amides is 1. The molecule has 1 rings (SSSR count). The van der Waals surface area contributed by atoms with Gasteiger partial charge in [-0.25, -0.2) is 0 Å². The van der Waals surface area contributed by atoms with Gasteiger partial charge in [-0.3, -0.25) is 9.69 Å². The first-order chi connectivity index (χ1) is 9.08. The highest BCUT2D eigenvalue weighted by Gasteiger charge is 2.24. The highest BCUT2D eigenvalue weighted by atomic mass is 16.2. The molecular formula is C15H27N3O. The smallest absolute Gasteiger partial charge is 0.237 e. The Morgan fingerprint density at radius 2 is 1.89 bits per heavy atom. The van der Waals surface area contributed by atoms with Crippen LogP contribution in [0.4, 0.5) is 0 Å². The van der Waals surface area contributed by atoms with E-state index >= 15 is 0 Å². The van der Waals surface area contributed by atoms with Crippen LogP contribution in [0.3, 0.4) is 0 Å². The molecule has 0 radical (unpaired) electrons. The fourth-order valence-electron chi connectivity index (χ4n) is 2.52. The van der Waals surface area contributed by atoms with E-state index in [1.165, 1.54) is 0 Å². The Morgan fingerprint density at radius 1 is 1.37 bits per heavy atom. The Balaban J connectivity index is 2.40. The predicted molar refractivity (Wildman–Crippen MR) is 79.8 cm³/mol. The zero-order valence-electron chi connectivity index (χ0n) is 12.1. The van der Waals surface area contributed by atoms with Crippen molar-refractivity contribution >= 4 is 5.91 Å². The standard InChI is InChI=1S/C15H27N3O/c1-4-8-18(9-5-2)15(19)12-17-10-6-14(7-11-17)13(3)16/h4-5,13-14H,1-2,6-12,16H2,3H3. The van der Waals surface area contributed by atoms with E-state index in [9.17, 15) is 4.79 Å². The molecule has 0 saturated carbocycles. The van der Waals surface area contributed by atoms with Gasteiger partial charge in [0.25, 0.3) is 0 Å². The van der Waals surface area contributed by atoms with Gasteiger partial charge in [0, 0.05) is 19.1 Å². The lowest BCUT2D eigenvalue weighted by molar-refractivity contribution is -0.131. The van der Waals surface area contributed by atoms with E-state index in [0.717, 1.165) is 25.9 Å². The van der Waals surface area contributed by atoms with Crippen molar-refractivity contribution in [2.24, 2.45) is 11.7 Å². The van der Waals surface area contributed by atoms with Crippen LogP contribution < -0.4 is 5.73 Å². The number of likely N-dealkylation sites (tertiary alicyclic amines) is 1. The molecule has 1 amide bonds. The third-order valence-electron chi connectivity index (χ3n) is 3.79. The number of piperidine rings is 1. The van der Waals surface area contributed by atoms with Crippen molar-refractivity contribution in [3.63, 3.8) is 0 Å². The molecule has 4 nitrogen and oxygen atoms in total. The monoisotopic (exact) mass is 265 g/mol. The minimum Gasteiger partial charge on any atom is -0.334 e. The van der Waals surface area contributed by atoms with E-state index in [-0.39, 0.29) is 11.9 Å². The second-order valence-electron chi connectivity index (χ2n) is 5.35. The molecule has 0 aromatic rings. The molecule has 1 aliphatic rings. The van der Waals surface area contributed by atoms with Gasteiger partial charge in [0.2, 0.25) is 5.91 Å². The maximum atomic E-state index is 12.2. The third-order valence-corrected chi connectivity index (χ3v) is 3.79. The molecule has 1 unspecified atom stereocenters. The number of nitrogens with zero attached hydrogens (tertiary/aromatic N) is 2. The molecular weight excluding hydrogens is 238 g/mol.